The third kappa shape index (κ3) is 4.78. The number of rotatable bonds is 4. The van der Waals surface area contributed by atoms with Crippen LogP contribution in [0.1, 0.15) is 48.5 Å². The number of hydrogen-bond donors (Lipinski definition) is 0. The summed E-state index contributed by atoms with van der Waals surface area (Å²) in [6.07, 6.45) is 3.85. The van der Waals surface area contributed by atoms with Gasteiger partial charge in [0.05, 0.1) is 0 Å². The Hall–Kier alpha value is -0.850. The van der Waals surface area contributed by atoms with E-state index in [9.17, 15) is 0 Å². The van der Waals surface area contributed by atoms with Crippen LogP contribution in [0, 0.1) is 17.3 Å². The van der Waals surface area contributed by atoms with Gasteiger partial charge in [0.2, 0.25) is 0 Å². The molecule has 0 saturated heterocycles. The van der Waals surface area contributed by atoms with Crippen LogP contribution in [-0.2, 0) is 0 Å². The quantitative estimate of drug-likeness (QED) is 0.601. The Bertz CT molecular complexity index is 287. The minimum atomic E-state index is 0.207. The molecular formula is C15H27N. The summed E-state index contributed by atoms with van der Waals surface area (Å²) >= 11 is 0. The molecule has 1 heteroatoms. The molecule has 0 aliphatic carbocycles. The summed E-state index contributed by atoms with van der Waals surface area (Å²) in [4.78, 5) is 4.40. The summed E-state index contributed by atoms with van der Waals surface area (Å²) < 4.78 is 0. The fraction of sp³-hybridized carbons (Fsp3) is 0.667. The SMILES string of the molecule is C=CN=C(/C=C(\C)C(C)(C)C)C(C)C(C)C. The predicted octanol–water partition coefficient (Wildman–Crippen LogP) is 4.86. The molecule has 0 spiro atoms. The first-order valence-corrected chi connectivity index (χ1v) is 6.07. The summed E-state index contributed by atoms with van der Waals surface area (Å²) in [5.74, 6) is 1.07. The molecule has 16 heavy (non-hydrogen) atoms. The summed E-state index contributed by atoms with van der Waals surface area (Å²) in [5, 5.41) is 0. The molecule has 0 aromatic rings. The lowest BCUT2D eigenvalue weighted by molar-refractivity contribution is 0.501. The van der Waals surface area contributed by atoms with Crippen molar-refractivity contribution in [2.24, 2.45) is 22.2 Å². The number of hydrogen-bond acceptors (Lipinski definition) is 1. The molecule has 0 fully saturated rings. The standard InChI is InChI=1S/C15H27N/c1-9-16-14(13(5)11(2)3)10-12(4)15(6,7)8/h9-11,13H,1H2,2-8H3/b12-10+,16-14?. The minimum absolute atomic E-state index is 0.207. The van der Waals surface area contributed by atoms with Crippen molar-refractivity contribution in [3.05, 3.63) is 24.4 Å². The summed E-state index contributed by atoms with van der Waals surface area (Å²) in [5.41, 5.74) is 2.71. The lowest BCUT2D eigenvalue weighted by Crippen LogP contribution is -2.17. The monoisotopic (exact) mass is 221 g/mol. The van der Waals surface area contributed by atoms with Gasteiger partial charge in [0.15, 0.2) is 0 Å². The zero-order valence-electron chi connectivity index (χ0n) is 12.0. The van der Waals surface area contributed by atoms with Crippen molar-refractivity contribution in [1.82, 2.24) is 0 Å². The molecule has 0 heterocycles. The number of allylic oxidation sites excluding steroid dienone is 2. The molecule has 0 aromatic carbocycles. The van der Waals surface area contributed by atoms with Crippen LogP contribution in [0.15, 0.2) is 29.4 Å². The second-order valence-corrected chi connectivity index (χ2v) is 5.85. The Morgan fingerprint density at radius 3 is 2.00 bits per heavy atom. The molecule has 0 bridgehead atoms. The van der Waals surface area contributed by atoms with Gasteiger partial charge in [-0.2, -0.15) is 0 Å². The van der Waals surface area contributed by atoms with E-state index in [2.05, 4.69) is 66.1 Å². The van der Waals surface area contributed by atoms with Crippen molar-refractivity contribution in [3.63, 3.8) is 0 Å². The molecule has 0 aliphatic rings. The summed E-state index contributed by atoms with van der Waals surface area (Å²) in [6.45, 7) is 19.2. The molecule has 1 nitrogen and oxygen atoms in total. The first-order valence-electron chi connectivity index (χ1n) is 6.07. The van der Waals surface area contributed by atoms with Crippen LogP contribution in [0.2, 0.25) is 0 Å². The van der Waals surface area contributed by atoms with E-state index in [1.165, 1.54) is 5.57 Å². The van der Waals surface area contributed by atoms with E-state index >= 15 is 0 Å². The van der Waals surface area contributed by atoms with E-state index in [1.54, 1.807) is 6.20 Å². The highest BCUT2D eigenvalue weighted by Gasteiger charge is 2.17. The van der Waals surface area contributed by atoms with Crippen LogP contribution in [0.5, 0.6) is 0 Å². The van der Waals surface area contributed by atoms with Crippen molar-refractivity contribution >= 4 is 5.71 Å². The van der Waals surface area contributed by atoms with Gasteiger partial charge in [-0.1, -0.05) is 53.7 Å². The molecule has 92 valence electrons. The molecule has 0 saturated carbocycles. The fourth-order valence-electron chi connectivity index (χ4n) is 1.17. The molecule has 0 amide bonds. The molecule has 1 atom stereocenters. The van der Waals surface area contributed by atoms with Gasteiger partial charge >= 0.3 is 0 Å². The van der Waals surface area contributed by atoms with Crippen LogP contribution >= 0.6 is 0 Å². The van der Waals surface area contributed by atoms with Gasteiger partial charge in [-0.15, -0.1) is 0 Å². The maximum Gasteiger partial charge on any atom is 0.0433 e. The van der Waals surface area contributed by atoms with Gasteiger partial charge in [-0.05, 0) is 24.3 Å². The van der Waals surface area contributed by atoms with E-state index in [4.69, 9.17) is 0 Å². The van der Waals surface area contributed by atoms with Crippen molar-refractivity contribution in [2.45, 2.75) is 48.5 Å². The van der Waals surface area contributed by atoms with Gasteiger partial charge in [0.1, 0.15) is 0 Å². The number of aliphatic imine (C=N–C) groups is 1. The topological polar surface area (TPSA) is 12.4 Å². The molecule has 0 aliphatic heterocycles. The van der Waals surface area contributed by atoms with E-state index in [-0.39, 0.29) is 5.41 Å². The third-order valence-electron chi connectivity index (χ3n) is 3.25. The van der Waals surface area contributed by atoms with Crippen LogP contribution in [0.25, 0.3) is 0 Å². The van der Waals surface area contributed by atoms with Crippen LogP contribution in [-0.4, -0.2) is 5.71 Å². The Labute approximate surface area is 101 Å². The summed E-state index contributed by atoms with van der Waals surface area (Å²) in [6, 6.07) is 0. The maximum atomic E-state index is 4.40. The van der Waals surface area contributed by atoms with Gasteiger partial charge in [-0.25, -0.2) is 0 Å². The molecular weight excluding hydrogens is 194 g/mol. The van der Waals surface area contributed by atoms with Crippen molar-refractivity contribution in [2.75, 3.05) is 0 Å². The second-order valence-electron chi connectivity index (χ2n) is 5.85. The third-order valence-corrected chi connectivity index (χ3v) is 3.25. The van der Waals surface area contributed by atoms with Gasteiger partial charge in [-0.3, -0.25) is 4.99 Å². The second kappa shape index (κ2) is 6.03. The van der Waals surface area contributed by atoms with E-state index in [0.717, 1.165) is 5.71 Å². The molecule has 1 unspecified atom stereocenters. The average molecular weight is 221 g/mol. The van der Waals surface area contributed by atoms with Gasteiger partial charge in [0.25, 0.3) is 0 Å². The van der Waals surface area contributed by atoms with Gasteiger partial charge < -0.3 is 0 Å². The Balaban J connectivity index is 5.12. The molecule has 0 rings (SSSR count). The summed E-state index contributed by atoms with van der Waals surface area (Å²) in [7, 11) is 0. The van der Waals surface area contributed by atoms with Crippen LogP contribution in [0.3, 0.4) is 0 Å². The highest BCUT2D eigenvalue weighted by molar-refractivity contribution is 5.97. The van der Waals surface area contributed by atoms with Crippen molar-refractivity contribution in [1.29, 1.82) is 0 Å². The van der Waals surface area contributed by atoms with E-state index < -0.39 is 0 Å². The maximum absolute atomic E-state index is 4.40. The lowest BCUT2D eigenvalue weighted by atomic mass is 9.84. The van der Waals surface area contributed by atoms with E-state index in [0.29, 0.717) is 11.8 Å². The first kappa shape index (κ1) is 15.2. The van der Waals surface area contributed by atoms with E-state index in [1.807, 2.05) is 0 Å². The highest BCUT2D eigenvalue weighted by Crippen LogP contribution is 2.25. The Morgan fingerprint density at radius 2 is 1.69 bits per heavy atom. The highest BCUT2D eigenvalue weighted by atomic mass is 14.7. The lowest BCUT2D eigenvalue weighted by Gasteiger charge is -2.22. The molecule has 0 aromatic heterocycles. The molecule has 0 radical (unpaired) electrons. The van der Waals surface area contributed by atoms with Crippen molar-refractivity contribution in [3.8, 4) is 0 Å². The zero-order valence-corrected chi connectivity index (χ0v) is 12.0. The van der Waals surface area contributed by atoms with Crippen molar-refractivity contribution < 1.29 is 0 Å². The Kier molecular flexibility index (Phi) is 5.71. The molecule has 0 N–H and O–H groups in total. The first-order chi connectivity index (χ1) is 7.20. The Morgan fingerprint density at radius 1 is 1.19 bits per heavy atom. The number of nitrogens with zero attached hydrogens (tertiary/aromatic N) is 1. The average Bonchev–Trinajstić information content (AvgIpc) is 2.14. The van der Waals surface area contributed by atoms with Crippen LogP contribution < -0.4 is 0 Å². The zero-order chi connectivity index (χ0) is 12.9. The normalized spacial score (nSPS) is 16.5. The fourth-order valence-corrected chi connectivity index (χ4v) is 1.17. The smallest absolute Gasteiger partial charge is 0.0433 e. The minimum Gasteiger partial charge on any atom is -0.262 e. The predicted molar refractivity (Wildman–Crippen MR) is 74.8 cm³/mol. The largest absolute Gasteiger partial charge is 0.262 e. The van der Waals surface area contributed by atoms with Crippen LogP contribution in [0.4, 0.5) is 0 Å². The van der Waals surface area contributed by atoms with Gasteiger partial charge in [0, 0.05) is 17.8 Å².